The highest BCUT2D eigenvalue weighted by atomic mass is 16.3. The summed E-state index contributed by atoms with van der Waals surface area (Å²) in [5.74, 6) is -0.624. The fourth-order valence-corrected chi connectivity index (χ4v) is 2.51. The third-order valence-corrected chi connectivity index (χ3v) is 3.89. The van der Waals surface area contributed by atoms with Crippen molar-refractivity contribution in [2.75, 3.05) is 12.4 Å². The zero-order valence-corrected chi connectivity index (χ0v) is 14.5. The van der Waals surface area contributed by atoms with E-state index < -0.39 is 11.8 Å². The number of likely N-dealkylation sites (N-methyl/N-ethyl adjacent to an activating group) is 1. The summed E-state index contributed by atoms with van der Waals surface area (Å²) < 4.78 is 5.52. The summed E-state index contributed by atoms with van der Waals surface area (Å²) in [6.45, 7) is 2.20. The Kier molecular flexibility index (Phi) is 4.88. The molecule has 0 aliphatic rings. The average Bonchev–Trinajstić information content (AvgIpc) is 3.05. The largest absolute Gasteiger partial charge is 0.508 e. The van der Waals surface area contributed by atoms with Gasteiger partial charge in [-0.15, -0.1) is 0 Å². The third-order valence-electron chi connectivity index (χ3n) is 3.89. The number of hydrogen-bond donors (Lipinski definition) is 2. The Morgan fingerprint density at radius 1 is 1.19 bits per heavy atom. The molecule has 3 aromatic rings. The lowest BCUT2D eigenvalue weighted by Crippen LogP contribution is -2.36. The number of nitrogens with one attached hydrogen (secondary N) is 1. The van der Waals surface area contributed by atoms with E-state index in [0.29, 0.717) is 29.1 Å². The van der Waals surface area contributed by atoms with Crippen LogP contribution in [0.25, 0.3) is 11.1 Å². The first-order valence-electron chi connectivity index (χ1n) is 8.20. The van der Waals surface area contributed by atoms with Crippen molar-refractivity contribution >= 4 is 28.6 Å². The summed E-state index contributed by atoms with van der Waals surface area (Å²) in [7, 11) is 1.54. The minimum absolute atomic E-state index is 0.148. The van der Waals surface area contributed by atoms with Crippen molar-refractivity contribution < 1.29 is 19.1 Å². The normalized spacial score (nSPS) is 10.7. The smallest absolute Gasteiger partial charge is 0.313 e. The molecule has 134 valence electrons. The number of aryl methyl sites for hydroxylation is 1. The van der Waals surface area contributed by atoms with Crippen LogP contribution in [0.2, 0.25) is 0 Å². The molecule has 0 bridgehead atoms. The molecule has 0 aliphatic heterocycles. The predicted molar refractivity (Wildman–Crippen MR) is 96.6 cm³/mol. The number of phenols is 1. The maximum atomic E-state index is 12.3. The number of benzene rings is 2. The van der Waals surface area contributed by atoms with E-state index in [9.17, 15) is 14.7 Å². The first kappa shape index (κ1) is 17.5. The molecular weight excluding hydrogens is 334 g/mol. The number of fused-ring (bicyclic) bond motifs is 1. The van der Waals surface area contributed by atoms with Gasteiger partial charge in [0.1, 0.15) is 11.3 Å². The molecule has 0 saturated heterocycles. The molecular formula is C19H19N3O4. The third kappa shape index (κ3) is 3.83. The van der Waals surface area contributed by atoms with Gasteiger partial charge in [0.2, 0.25) is 0 Å². The Morgan fingerprint density at radius 3 is 2.62 bits per heavy atom. The van der Waals surface area contributed by atoms with E-state index in [1.54, 1.807) is 37.4 Å². The zero-order valence-electron chi connectivity index (χ0n) is 14.5. The standard InChI is InChI=1S/C19H19N3O4/c1-3-17-21-15-10-13(6-9-16(15)26-17)20-18(24)19(25)22(2)11-12-4-7-14(23)8-5-12/h4-10,23H,3,11H2,1-2H3,(H,20,24). The molecule has 26 heavy (non-hydrogen) atoms. The van der Waals surface area contributed by atoms with Gasteiger partial charge in [0.05, 0.1) is 0 Å². The fourth-order valence-electron chi connectivity index (χ4n) is 2.51. The van der Waals surface area contributed by atoms with Crippen molar-refractivity contribution in [1.29, 1.82) is 0 Å². The molecule has 0 fully saturated rings. The summed E-state index contributed by atoms with van der Waals surface area (Å²) in [6, 6.07) is 11.5. The molecule has 0 radical (unpaired) electrons. The number of nitrogens with zero attached hydrogens (tertiary/aromatic N) is 2. The van der Waals surface area contributed by atoms with Crippen LogP contribution in [0.5, 0.6) is 5.75 Å². The Labute approximate surface area is 150 Å². The first-order chi connectivity index (χ1) is 12.5. The summed E-state index contributed by atoms with van der Waals surface area (Å²) in [6.07, 6.45) is 0.677. The molecule has 0 saturated carbocycles. The number of aromatic nitrogens is 1. The molecule has 2 amide bonds. The maximum Gasteiger partial charge on any atom is 0.313 e. The second-order valence-electron chi connectivity index (χ2n) is 5.93. The molecule has 1 aromatic heterocycles. The van der Waals surface area contributed by atoms with E-state index in [2.05, 4.69) is 10.3 Å². The number of hydrogen-bond acceptors (Lipinski definition) is 5. The van der Waals surface area contributed by atoms with Crippen LogP contribution in [0.15, 0.2) is 46.9 Å². The molecule has 1 heterocycles. The molecule has 2 N–H and O–H groups in total. The van der Waals surface area contributed by atoms with Gasteiger partial charge < -0.3 is 19.7 Å². The zero-order chi connectivity index (χ0) is 18.7. The van der Waals surface area contributed by atoms with Crippen LogP contribution < -0.4 is 5.32 Å². The Morgan fingerprint density at radius 2 is 1.92 bits per heavy atom. The van der Waals surface area contributed by atoms with E-state index in [4.69, 9.17) is 4.42 Å². The predicted octanol–water partition coefficient (Wildman–Crippen LogP) is 2.69. The second-order valence-corrected chi connectivity index (χ2v) is 5.93. The van der Waals surface area contributed by atoms with Crippen molar-refractivity contribution in [3.63, 3.8) is 0 Å². The minimum atomic E-state index is -0.732. The van der Waals surface area contributed by atoms with Crippen LogP contribution in [-0.4, -0.2) is 33.9 Å². The van der Waals surface area contributed by atoms with Gasteiger partial charge in [-0.2, -0.15) is 0 Å². The van der Waals surface area contributed by atoms with Crippen molar-refractivity contribution in [3.05, 3.63) is 53.9 Å². The van der Waals surface area contributed by atoms with Gasteiger partial charge in [-0.3, -0.25) is 9.59 Å². The van der Waals surface area contributed by atoms with Crippen LogP contribution >= 0.6 is 0 Å². The molecule has 0 unspecified atom stereocenters. The van der Waals surface area contributed by atoms with Crippen LogP contribution in [0.4, 0.5) is 5.69 Å². The van der Waals surface area contributed by atoms with Gasteiger partial charge in [-0.25, -0.2) is 4.98 Å². The molecule has 7 nitrogen and oxygen atoms in total. The Balaban J connectivity index is 1.66. The Bertz CT molecular complexity index is 947. The summed E-state index contributed by atoms with van der Waals surface area (Å²) in [5, 5.41) is 11.9. The van der Waals surface area contributed by atoms with Crippen molar-refractivity contribution in [2.45, 2.75) is 19.9 Å². The van der Waals surface area contributed by atoms with Crippen LogP contribution in [-0.2, 0) is 22.6 Å². The van der Waals surface area contributed by atoms with Gasteiger partial charge in [-0.05, 0) is 35.9 Å². The van der Waals surface area contributed by atoms with Gasteiger partial charge in [0.25, 0.3) is 0 Å². The number of phenolic OH excluding ortho intramolecular Hbond substituents is 1. The van der Waals surface area contributed by atoms with Crippen LogP contribution in [0, 0.1) is 0 Å². The number of oxazole rings is 1. The van der Waals surface area contributed by atoms with Gasteiger partial charge in [0, 0.05) is 25.7 Å². The van der Waals surface area contributed by atoms with Crippen LogP contribution in [0.1, 0.15) is 18.4 Å². The average molecular weight is 353 g/mol. The molecule has 2 aromatic carbocycles. The van der Waals surface area contributed by atoms with Crippen molar-refractivity contribution in [3.8, 4) is 5.75 Å². The molecule has 3 rings (SSSR count). The van der Waals surface area contributed by atoms with Gasteiger partial charge >= 0.3 is 11.8 Å². The second kappa shape index (κ2) is 7.26. The first-order valence-corrected chi connectivity index (χ1v) is 8.20. The van der Waals surface area contributed by atoms with Crippen molar-refractivity contribution in [2.24, 2.45) is 0 Å². The van der Waals surface area contributed by atoms with Gasteiger partial charge in [-0.1, -0.05) is 19.1 Å². The van der Waals surface area contributed by atoms with E-state index in [1.165, 1.54) is 17.0 Å². The maximum absolute atomic E-state index is 12.3. The number of amides is 2. The lowest BCUT2D eigenvalue weighted by molar-refractivity contribution is -0.142. The SMILES string of the molecule is CCc1nc2cc(NC(=O)C(=O)N(C)Cc3ccc(O)cc3)ccc2o1. The molecule has 0 spiro atoms. The van der Waals surface area contributed by atoms with Crippen LogP contribution in [0.3, 0.4) is 0 Å². The minimum Gasteiger partial charge on any atom is -0.508 e. The lowest BCUT2D eigenvalue weighted by Gasteiger charge is -2.16. The topological polar surface area (TPSA) is 95.7 Å². The number of aromatic hydroxyl groups is 1. The quantitative estimate of drug-likeness (QED) is 0.703. The van der Waals surface area contributed by atoms with Crippen molar-refractivity contribution in [1.82, 2.24) is 9.88 Å². The highest BCUT2D eigenvalue weighted by Crippen LogP contribution is 2.20. The van der Waals surface area contributed by atoms with E-state index in [0.717, 1.165) is 5.56 Å². The number of rotatable bonds is 4. The van der Waals surface area contributed by atoms with E-state index in [1.807, 2.05) is 6.92 Å². The number of carbonyl (C=O) groups is 2. The number of anilines is 1. The fraction of sp³-hybridized carbons (Fsp3) is 0.211. The van der Waals surface area contributed by atoms with E-state index >= 15 is 0 Å². The molecule has 0 aliphatic carbocycles. The number of carbonyl (C=O) groups excluding carboxylic acids is 2. The van der Waals surface area contributed by atoms with Gasteiger partial charge in [0.15, 0.2) is 11.5 Å². The Hall–Kier alpha value is -3.35. The molecule has 7 heteroatoms. The summed E-state index contributed by atoms with van der Waals surface area (Å²) in [4.78, 5) is 30.1. The van der Waals surface area contributed by atoms with E-state index in [-0.39, 0.29) is 12.3 Å². The monoisotopic (exact) mass is 353 g/mol. The highest BCUT2D eigenvalue weighted by Gasteiger charge is 2.19. The lowest BCUT2D eigenvalue weighted by atomic mass is 10.2. The molecule has 0 atom stereocenters. The summed E-state index contributed by atoms with van der Waals surface area (Å²) >= 11 is 0. The highest BCUT2D eigenvalue weighted by molar-refractivity contribution is 6.39. The summed E-state index contributed by atoms with van der Waals surface area (Å²) in [5.41, 5.74) is 2.55.